The Balaban J connectivity index is 2.12. The van der Waals surface area contributed by atoms with Gasteiger partial charge in [0.25, 0.3) is 0 Å². The van der Waals surface area contributed by atoms with Crippen LogP contribution < -0.4 is 4.90 Å². The van der Waals surface area contributed by atoms with Crippen LogP contribution >= 0.6 is 0 Å². The number of fused-ring (bicyclic) bond motifs is 1. The zero-order valence-electron chi connectivity index (χ0n) is 13.7. The molecule has 0 spiro atoms. The van der Waals surface area contributed by atoms with Crippen molar-refractivity contribution in [2.75, 3.05) is 26.0 Å². The SMILES string of the molecule is CN(C)C=CC=CC=CC1N(C)c2ccccc2C1(C)C. The van der Waals surface area contributed by atoms with E-state index in [1.807, 2.05) is 31.3 Å². The second kappa shape index (κ2) is 6.21. The summed E-state index contributed by atoms with van der Waals surface area (Å²) >= 11 is 0. The largest absolute Gasteiger partial charge is 0.383 e. The Morgan fingerprint density at radius 2 is 1.71 bits per heavy atom. The first-order chi connectivity index (χ1) is 9.94. The molecule has 2 heteroatoms. The van der Waals surface area contributed by atoms with Crippen LogP contribution in [0.15, 0.2) is 60.8 Å². The Bertz CT molecular complexity index is 565. The summed E-state index contributed by atoms with van der Waals surface area (Å²) in [5, 5.41) is 0. The number of anilines is 1. The minimum atomic E-state index is 0.134. The minimum absolute atomic E-state index is 0.134. The zero-order chi connectivity index (χ0) is 15.5. The first-order valence-corrected chi connectivity index (χ1v) is 7.45. The van der Waals surface area contributed by atoms with Gasteiger partial charge in [0.05, 0.1) is 6.04 Å². The van der Waals surface area contributed by atoms with Gasteiger partial charge in [0, 0.05) is 32.2 Å². The lowest BCUT2D eigenvalue weighted by Gasteiger charge is -2.29. The topological polar surface area (TPSA) is 6.48 Å². The Kier molecular flexibility index (Phi) is 4.56. The van der Waals surface area contributed by atoms with Gasteiger partial charge in [0.2, 0.25) is 0 Å². The number of rotatable bonds is 4. The van der Waals surface area contributed by atoms with Crippen molar-refractivity contribution in [3.8, 4) is 0 Å². The molecule has 0 N–H and O–H groups in total. The summed E-state index contributed by atoms with van der Waals surface area (Å²) in [7, 11) is 6.22. The Hall–Kier alpha value is -1.96. The molecule has 0 amide bonds. The summed E-state index contributed by atoms with van der Waals surface area (Å²) in [5.41, 5.74) is 2.90. The fourth-order valence-electron chi connectivity index (χ4n) is 3.01. The van der Waals surface area contributed by atoms with E-state index in [1.165, 1.54) is 11.3 Å². The van der Waals surface area contributed by atoms with Gasteiger partial charge in [-0.15, -0.1) is 0 Å². The predicted molar refractivity (Wildman–Crippen MR) is 92.8 cm³/mol. The lowest BCUT2D eigenvalue weighted by molar-refractivity contribution is 0.488. The second-order valence-electron chi connectivity index (χ2n) is 6.37. The molecule has 112 valence electrons. The molecule has 1 aliphatic heterocycles. The van der Waals surface area contributed by atoms with Crippen molar-refractivity contribution in [1.29, 1.82) is 0 Å². The van der Waals surface area contributed by atoms with Gasteiger partial charge in [-0.1, -0.05) is 56.4 Å². The molecule has 0 aliphatic carbocycles. The molecule has 2 rings (SSSR count). The third kappa shape index (κ3) is 3.21. The van der Waals surface area contributed by atoms with E-state index >= 15 is 0 Å². The third-order valence-corrected chi connectivity index (χ3v) is 4.15. The number of benzene rings is 1. The van der Waals surface area contributed by atoms with Crippen molar-refractivity contribution in [3.05, 3.63) is 66.4 Å². The first-order valence-electron chi connectivity index (χ1n) is 7.45. The zero-order valence-corrected chi connectivity index (χ0v) is 13.7. The van der Waals surface area contributed by atoms with Crippen LogP contribution in [0, 0.1) is 0 Å². The summed E-state index contributed by atoms with van der Waals surface area (Å²) in [6.45, 7) is 4.64. The summed E-state index contributed by atoms with van der Waals surface area (Å²) in [6, 6.07) is 9.09. The van der Waals surface area contributed by atoms with Crippen LogP contribution in [0.2, 0.25) is 0 Å². The highest BCUT2D eigenvalue weighted by molar-refractivity contribution is 5.64. The minimum Gasteiger partial charge on any atom is -0.383 e. The number of nitrogens with zero attached hydrogens (tertiary/aromatic N) is 2. The number of hydrogen-bond acceptors (Lipinski definition) is 2. The van der Waals surface area contributed by atoms with Crippen molar-refractivity contribution in [1.82, 2.24) is 4.90 Å². The normalized spacial score (nSPS) is 20.8. The standard InChI is InChI=1S/C19H26N2/c1-19(2)16-12-9-10-13-17(16)21(5)18(19)14-8-6-7-11-15-20(3)4/h6-15,18H,1-5H3. The molecule has 0 radical (unpaired) electrons. The molecule has 21 heavy (non-hydrogen) atoms. The quantitative estimate of drug-likeness (QED) is 0.771. The molecule has 1 heterocycles. The molecule has 0 saturated carbocycles. The number of hydrogen-bond donors (Lipinski definition) is 0. The summed E-state index contributed by atoms with van der Waals surface area (Å²) in [5.74, 6) is 0. The molecule has 1 aromatic rings. The van der Waals surface area contributed by atoms with E-state index in [2.05, 4.69) is 74.4 Å². The number of likely N-dealkylation sites (N-methyl/N-ethyl adjacent to an activating group) is 1. The van der Waals surface area contributed by atoms with Crippen molar-refractivity contribution in [2.24, 2.45) is 0 Å². The molecular formula is C19H26N2. The third-order valence-electron chi connectivity index (χ3n) is 4.15. The van der Waals surface area contributed by atoms with Crippen LogP contribution in [0.25, 0.3) is 0 Å². The van der Waals surface area contributed by atoms with E-state index in [1.54, 1.807) is 0 Å². The molecule has 0 bridgehead atoms. The first kappa shape index (κ1) is 15.4. The van der Waals surface area contributed by atoms with Crippen LogP contribution in [0.3, 0.4) is 0 Å². The fraction of sp³-hybridized carbons (Fsp3) is 0.368. The molecule has 1 atom stereocenters. The van der Waals surface area contributed by atoms with Crippen molar-refractivity contribution < 1.29 is 0 Å². The maximum absolute atomic E-state index is 2.37. The van der Waals surface area contributed by atoms with Gasteiger partial charge in [0.1, 0.15) is 0 Å². The Labute approximate surface area is 129 Å². The predicted octanol–water partition coefficient (Wildman–Crippen LogP) is 3.97. The van der Waals surface area contributed by atoms with E-state index in [0.29, 0.717) is 6.04 Å². The molecule has 0 aromatic heterocycles. The number of allylic oxidation sites excluding steroid dienone is 4. The van der Waals surface area contributed by atoms with E-state index in [0.717, 1.165) is 0 Å². The molecular weight excluding hydrogens is 256 g/mol. The van der Waals surface area contributed by atoms with Crippen molar-refractivity contribution >= 4 is 5.69 Å². The van der Waals surface area contributed by atoms with E-state index in [-0.39, 0.29) is 5.41 Å². The van der Waals surface area contributed by atoms with Gasteiger partial charge in [-0.05, 0) is 23.9 Å². The highest BCUT2D eigenvalue weighted by Crippen LogP contribution is 2.44. The smallest absolute Gasteiger partial charge is 0.0565 e. The maximum Gasteiger partial charge on any atom is 0.0565 e. The highest BCUT2D eigenvalue weighted by Gasteiger charge is 2.40. The summed E-state index contributed by atoms with van der Waals surface area (Å²) < 4.78 is 0. The van der Waals surface area contributed by atoms with Gasteiger partial charge in [0.15, 0.2) is 0 Å². The van der Waals surface area contributed by atoms with Crippen molar-refractivity contribution in [2.45, 2.75) is 25.3 Å². The van der Waals surface area contributed by atoms with Gasteiger partial charge >= 0.3 is 0 Å². The van der Waals surface area contributed by atoms with Crippen LogP contribution in [0.4, 0.5) is 5.69 Å². The number of para-hydroxylation sites is 1. The molecule has 0 saturated heterocycles. The average molecular weight is 282 g/mol. The summed E-state index contributed by atoms with van der Waals surface area (Å²) in [6.07, 6.45) is 12.7. The van der Waals surface area contributed by atoms with E-state index in [4.69, 9.17) is 0 Å². The van der Waals surface area contributed by atoms with E-state index in [9.17, 15) is 0 Å². The lowest BCUT2D eigenvalue weighted by atomic mass is 9.80. The van der Waals surface area contributed by atoms with Crippen LogP contribution in [-0.2, 0) is 5.41 Å². The van der Waals surface area contributed by atoms with Gasteiger partial charge in [-0.2, -0.15) is 0 Å². The lowest BCUT2D eigenvalue weighted by Crippen LogP contribution is -2.37. The highest BCUT2D eigenvalue weighted by atomic mass is 15.2. The monoisotopic (exact) mass is 282 g/mol. The Morgan fingerprint density at radius 3 is 2.38 bits per heavy atom. The van der Waals surface area contributed by atoms with Gasteiger partial charge in [-0.25, -0.2) is 0 Å². The van der Waals surface area contributed by atoms with Gasteiger partial charge in [-0.3, -0.25) is 0 Å². The molecule has 1 aliphatic rings. The van der Waals surface area contributed by atoms with Crippen LogP contribution in [-0.4, -0.2) is 32.1 Å². The average Bonchev–Trinajstić information content (AvgIpc) is 2.63. The maximum atomic E-state index is 2.37. The van der Waals surface area contributed by atoms with Crippen molar-refractivity contribution in [3.63, 3.8) is 0 Å². The molecule has 1 unspecified atom stereocenters. The summed E-state index contributed by atoms with van der Waals surface area (Å²) in [4.78, 5) is 4.40. The van der Waals surface area contributed by atoms with E-state index < -0.39 is 0 Å². The fourth-order valence-corrected chi connectivity index (χ4v) is 3.01. The van der Waals surface area contributed by atoms with Gasteiger partial charge < -0.3 is 9.80 Å². The Morgan fingerprint density at radius 1 is 1.05 bits per heavy atom. The molecule has 0 fully saturated rings. The molecule has 1 aromatic carbocycles. The van der Waals surface area contributed by atoms with Crippen LogP contribution in [0.1, 0.15) is 19.4 Å². The van der Waals surface area contributed by atoms with Crippen LogP contribution in [0.5, 0.6) is 0 Å². The second-order valence-corrected chi connectivity index (χ2v) is 6.37. The molecule has 2 nitrogen and oxygen atoms in total.